The molecule has 6 heavy (non-hydrogen) atoms. The van der Waals surface area contributed by atoms with Gasteiger partial charge in [-0.3, -0.25) is 4.79 Å². The van der Waals surface area contributed by atoms with Crippen LogP contribution in [-0.2, 0) is 22.6 Å². The summed E-state index contributed by atoms with van der Waals surface area (Å²) in [6.45, 7) is 1.08. The quantitative estimate of drug-likeness (QED) is 0.463. The molecule has 0 aliphatic carbocycles. The summed E-state index contributed by atoms with van der Waals surface area (Å²) in [5, 5.41) is 7.42. The average Bonchev–Trinajstić information content (AvgIpc) is 1.41. The van der Waals surface area contributed by atoms with Crippen molar-refractivity contribution in [2.24, 2.45) is 0 Å². The fourth-order valence-electron chi connectivity index (χ4n) is 0. The number of hydrogen-bond donors (Lipinski definition) is 2. The minimum absolute atomic E-state index is 0.833. The number of carboxylic acids is 1. The van der Waals surface area contributed by atoms with Crippen molar-refractivity contribution >= 4 is 5.97 Å². The van der Waals surface area contributed by atoms with Gasteiger partial charge in [-0.2, -0.15) is 0 Å². The molecular weight excluding hydrogens is 123 g/mol. The molecule has 2 N–H and O–H groups in total. The van der Waals surface area contributed by atoms with Crippen LogP contribution in [-0.4, -0.2) is 15.1 Å². The van der Waals surface area contributed by atoms with Gasteiger partial charge in [-0.1, -0.05) is 0 Å². The van der Waals surface area contributed by atoms with E-state index in [-0.39, 0.29) is 0 Å². The van der Waals surface area contributed by atoms with Crippen molar-refractivity contribution in [3.8, 4) is 0 Å². The second-order valence-corrected chi connectivity index (χ2v) is 0.519. The van der Waals surface area contributed by atoms with Gasteiger partial charge in [-0.15, -0.1) is 0 Å². The Hall–Kier alpha value is 0.0144. The summed E-state index contributed by atoms with van der Waals surface area (Å²) in [7, 11) is 0. The van der Waals surface area contributed by atoms with Crippen molar-refractivity contribution in [1.82, 2.24) is 0 Å². The first-order chi connectivity index (χ1) is 2.73. The van der Waals surface area contributed by atoms with E-state index < -0.39 is 5.97 Å². The van der Waals surface area contributed by atoms with Crippen LogP contribution in [0.3, 0.4) is 0 Å². The predicted octanol–water partition coefficient (Wildman–Crippen LogP) is -0.469. The van der Waals surface area contributed by atoms with Crippen molar-refractivity contribution in [1.29, 1.82) is 0 Å². The van der Waals surface area contributed by atoms with E-state index >= 15 is 0 Å². The molecule has 0 bridgehead atoms. The first kappa shape index (κ1) is 9.38. The molecular formula is C2H5O3V. The number of aliphatic carboxylic acids is 1. The molecule has 4 heteroatoms. The van der Waals surface area contributed by atoms with E-state index in [1.54, 1.807) is 0 Å². The predicted molar refractivity (Wildman–Crippen MR) is 15.5 cm³/mol. The third-order valence-corrected chi connectivity index (χ3v) is 0. The Labute approximate surface area is 45.3 Å². The fourth-order valence-corrected chi connectivity index (χ4v) is 0. The van der Waals surface area contributed by atoms with Gasteiger partial charge in [-0.05, 0) is 0 Å². The zero-order valence-corrected chi connectivity index (χ0v) is 4.65. The van der Waals surface area contributed by atoms with Gasteiger partial charge in [0.25, 0.3) is 5.97 Å². The third kappa shape index (κ3) is 176000. The van der Waals surface area contributed by atoms with Gasteiger partial charge >= 0.3 is 21.8 Å². The molecule has 0 fully saturated rings. The summed E-state index contributed by atoms with van der Waals surface area (Å²) >= 11 is 1.31. The van der Waals surface area contributed by atoms with Gasteiger partial charge in [0, 0.05) is 6.92 Å². The zero-order chi connectivity index (χ0) is 5.58. The Morgan fingerprint density at radius 2 is 1.67 bits per heavy atom. The SMILES string of the molecule is CC(=O)O.[OH][V]. The molecule has 0 aliphatic rings. The van der Waals surface area contributed by atoms with Gasteiger partial charge in [0.2, 0.25) is 0 Å². The molecule has 0 radical (unpaired) electrons. The van der Waals surface area contributed by atoms with Crippen LogP contribution in [0.4, 0.5) is 0 Å². The maximum absolute atomic E-state index is 9.00. The Bertz CT molecular complexity index is 31.8. The topological polar surface area (TPSA) is 57.5 Å². The first-order valence-electron chi connectivity index (χ1n) is 1.13. The number of rotatable bonds is 0. The Morgan fingerprint density at radius 3 is 1.67 bits per heavy atom. The molecule has 0 amide bonds. The standard InChI is InChI=1S/C2H4O2.H2O.V/c1-2(3)4;;/h1H3,(H,3,4);1H2;/q;;+1/p-1. The van der Waals surface area contributed by atoms with Crippen molar-refractivity contribution in [2.75, 3.05) is 0 Å². The molecule has 0 aromatic rings. The molecule has 0 spiro atoms. The molecule has 0 aromatic heterocycles. The summed E-state index contributed by atoms with van der Waals surface area (Å²) in [5.41, 5.74) is 0. The van der Waals surface area contributed by atoms with Crippen molar-refractivity contribution in [2.45, 2.75) is 6.92 Å². The second kappa shape index (κ2) is 8.89. The number of carbonyl (C=O) groups is 1. The van der Waals surface area contributed by atoms with Crippen LogP contribution in [0.1, 0.15) is 6.92 Å². The molecule has 0 rings (SSSR count). The van der Waals surface area contributed by atoms with Crippen LogP contribution in [0.2, 0.25) is 0 Å². The molecule has 3 nitrogen and oxygen atoms in total. The molecule has 36 valence electrons. The van der Waals surface area contributed by atoms with E-state index in [1.165, 1.54) is 17.8 Å². The van der Waals surface area contributed by atoms with Gasteiger partial charge in [0.1, 0.15) is 0 Å². The van der Waals surface area contributed by atoms with E-state index in [0.29, 0.717) is 0 Å². The second-order valence-electron chi connectivity index (χ2n) is 0.519. The van der Waals surface area contributed by atoms with Crippen molar-refractivity contribution < 1.29 is 31.7 Å². The van der Waals surface area contributed by atoms with Crippen LogP contribution < -0.4 is 0 Å². The molecule has 0 saturated carbocycles. The van der Waals surface area contributed by atoms with Crippen LogP contribution in [0.5, 0.6) is 0 Å². The van der Waals surface area contributed by atoms with E-state index in [0.717, 1.165) is 6.92 Å². The summed E-state index contributed by atoms with van der Waals surface area (Å²) in [5.74, 6) is -0.833. The van der Waals surface area contributed by atoms with Crippen LogP contribution in [0.15, 0.2) is 0 Å². The van der Waals surface area contributed by atoms with Crippen molar-refractivity contribution in [3.05, 3.63) is 0 Å². The summed E-state index contributed by atoms with van der Waals surface area (Å²) in [6.07, 6.45) is 0. The van der Waals surface area contributed by atoms with Gasteiger partial charge < -0.3 is 5.11 Å². The monoisotopic (exact) mass is 128 g/mol. The molecule has 0 heterocycles. The summed E-state index contributed by atoms with van der Waals surface area (Å²) in [4.78, 5) is 9.00. The first-order valence-corrected chi connectivity index (χ1v) is 1.75. The molecule has 0 unspecified atom stereocenters. The van der Waals surface area contributed by atoms with Crippen molar-refractivity contribution in [3.63, 3.8) is 0 Å². The fraction of sp³-hybridized carbons (Fsp3) is 0.500. The van der Waals surface area contributed by atoms with E-state index in [4.69, 9.17) is 13.9 Å². The Kier molecular flexibility index (Phi) is 13.9. The van der Waals surface area contributed by atoms with Gasteiger partial charge in [-0.25, -0.2) is 0 Å². The number of carboxylic acid groups (broad SMARTS) is 1. The minimum atomic E-state index is -0.833. The van der Waals surface area contributed by atoms with Gasteiger partial charge in [0.15, 0.2) is 0 Å². The summed E-state index contributed by atoms with van der Waals surface area (Å²) in [6, 6.07) is 0. The van der Waals surface area contributed by atoms with E-state index in [9.17, 15) is 0 Å². The molecule has 0 saturated heterocycles. The van der Waals surface area contributed by atoms with Gasteiger partial charge in [0.05, 0.1) is 0 Å². The normalized spacial score (nSPS) is 5.00. The molecule has 0 aliphatic heterocycles. The number of hydrogen-bond acceptors (Lipinski definition) is 2. The third-order valence-electron chi connectivity index (χ3n) is 0. The Balaban J connectivity index is 0. The zero-order valence-electron chi connectivity index (χ0n) is 3.25. The van der Waals surface area contributed by atoms with Crippen LogP contribution in [0.25, 0.3) is 0 Å². The molecule has 0 aromatic carbocycles. The molecule has 0 atom stereocenters. The van der Waals surface area contributed by atoms with Crippen LogP contribution >= 0.6 is 0 Å². The maximum atomic E-state index is 9.00. The average molecular weight is 128 g/mol. The summed E-state index contributed by atoms with van der Waals surface area (Å²) < 4.78 is 6.94. The van der Waals surface area contributed by atoms with E-state index in [2.05, 4.69) is 0 Å². The Morgan fingerprint density at radius 1 is 1.67 bits per heavy atom. The van der Waals surface area contributed by atoms with E-state index in [1.807, 2.05) is 0 Å². The van der Waals surface area contributed by atoms with Crippen LogP contribution in [0, 0.1) is 0 Å².